The number of nitrogens with one attached hydrogen (secondary N) is 1. The Labute approximate surface area is 148 Å². The van der Waals surface area contributed by atoms with Crippen LogP contribution in [-0.4, -0.2) is 21.2 Å². The van der Waals surface area contributed by atoms with Gasteiger partial charge in [-0.05, 0) is 51.1 Å². The minimum Gasteiger partial charge on any atom is -0.444 e. The molecule has 6 heteroatoms. The van der Waals surface area contributed by atoms with Gasteiger partial charge in [0.2, 0.25) is 0 Å². The van der Waals surface area contributed by atoms with Crippen molar-refractivity contribution in [3.8, 4) is 5.82 Å². The van der Waals surface area contributed by atoms with E-state index in [2.05, 4.69) is 26.2 Å². The maximum Gasteiger partial charge on any atom is 0.412 e. The molecule has 2 heterocycles. The first kappa shape index (κ1) is 16.5. The summed E-state index contributed by atoms with van der Waals surface area (Å²) in [7, 11) is 0. The second-order valence-corrected chi connectivity index (χ2v) is 7.24. The fourth-order valence-corrected chi connectivity index (χ4v) is 2.84. The molecule has 0 aliphatic rings. The molecule has 2 aromatic heterocycles. The number of hydrogen-bond acceptors (Lipinski definition) is 3. The molecular formula is C18H18BrN3O2. The minimum absolute atomic E-state index is 0.493. The van der Waals surface area contributed by atoms with Crippen molar-refractivity contribution >= 4 is 38.6 Å². The number of hydrogen-bond donors (Lipinski definition) is 1. The van der Waals surface area contributed by atoms with E-state index < -0.39 is 11.7 Å². The van der Waals surface area contributed by atoms with Crippen LogP contribution >= 0.6 is 15.9 Å². The molecule has 0 aliphatic carbocycles. The third-order valence-corrected chi connectivity index (χ3v) is 4.01. The molecule has 124 valence electrons. The van der Waals surface area contributed by atoms with E-state index in [4.69, 9.17) is 4.74 Å². The third-order valence-electron chi connectivity index (χ3n) is 3.32. The predicted molar refractivity (Wildman–Crippen MR) is 98.6 cm³/mol. The molecule has 0 fully saturated rings. The van der Waals surface area contributed by atoms with Crippen molar-refractivity contribution in [1.29, 1.82) is 0 Å². The summed E-state index contributed by atoms with van der Waals surface area (Å²) >= 11 is 3.55. The Morgan fingerprint density at radius 1 is 1.21 bits per heavy atom. The zero-order valence-electron chi connectivity index (χ0n) is 13.7. The molecule has 0 saturated heterocycles. The zero-order chi connectivity index (χ0) is 17.3. The van der Waals surface area contributed by atoms with E-state index in [0.29, 0.717) is 5.69 Å². The van der Waals surface area contributed by atoms with Gasteiger partial charge in [0.25, 0.3) is 0 Å². The van der Waals surface area contributed by atoms with Gasteiger partial charge in [0.05, 0.1) is 17.4 Å². The number of aromatic nitrogens is 2. The second kappa shape index (κ2) is 6.28. The average Bonchev–Trinajstić information content (AvgIpc) is 2.91. The summed E-state index contributed by atoms with van der Waals surface area (Å²) < 4.78 is 8.27. The van der Waals surface area contributed by atoms with Crippen molar-refractivity contribution in [2.24, 2.45) is 0 Å². The molecule has 5 nitrogen and oxygen atoms in total. The van der Waals surface area contributed by atoms with Gasteiger partial charge in [0.15, 0.2) is 0 Å². The third kappa shape index (κ3) is 3.59. The van der Waals surface area contributed by atoms with Crippen molar-refractivity contribution in [1.82, 2.24) is 9.55 Å². The smallest absolute Gasteiger partial charge is 0.412 e. The molecule has 1 aromatic carbocycles. The molecule has 3 aromatic rings. The lowest BCUT2D eigenvalue weighted by Gasteiger charge is -2.19. The van der Waals surface area contributed by atoms with Gasteiger partial charge in [0, 0.05) is 16.1 Å². The molecule has 24 heavy (non-hydrogen) atoms. The lowest BCUT2D eigenvalue weighted by Crippen LogP contribution is -2.27. The summed E-state index contributed by atoms with van der Waals surface area (Å²) in [6.07, 6.45) is 3.09. The number of benzene rings is 1. The number of halogens is 1. The average molecular weight is 388 g/mol. The fraction of sp³-hybridized carbons (Fsp3) is 0.222. The van der Waals surface area contributed by atoms with E-state index in [9.17, 15) is 4.79 Å². The maximum atomic E-state index is 11.8. The van der Waals surface area contributed by atoms with Crippen LogP contribution in [0.15, 0.2) is 53.3 Å². The van der Waals surface area contributed by atoms with Crippen LogP contribution in [-0.2, 0) is 4.74 Å². The van der Waals surface area contributed by atoms with Gasteiger partial charge in [-0.15, -0.1) is 0 Å². The molecule has 1 N–H and O–H groups in total. The first-order valence-electron chi connectivity index (χ1n) is 7.55. The van der Waals surface area contributed by atoms with Crippen molar-refractivity contribution < 1.29 is 9.53 Å². The Kier molecular flexibility index (Phi) is 4.32. The van der Waals surface area contributed by atoms with Crippen LogP contribution in [0.1, 0.15) is 20.8 Å². The zero-order valence-corrected chi connectivity index (χ0v) is 15.3. The minimum atomic E-state index is -0.533. The van der Waals surface area contributed by atoms with Crippen LogP contribution in [0.2, 0.25) is 0 Å². The van der Waals surface area contributed by atoms with Crippen molar-refractivity contribution in [2.75, 3.05) is 5.32 Å². The predicted octanol–water partition coefficient (Wildman–Crippen LogP) is 5.14. The van der Waals surface area contributed by atoms with Crippen LogP contribution in [0, 0.1) is 0 Å². The van der Waals surface area contributed by atoms with Gasteiger partial charge in [-0.25, -0.2) is 9.78 Å². The quantitative estimate of drug-likeness (QED) is 0.662. The van der Waals surface area contributed by atoms with Gasteiger partial charge in [0.1, 0.15) is 11.4 Å². The molecule has 0 bridgehead atoms. The van der Waals surface area contributed by atoms with Gasteiger partial charge < -0.3 is 9.30 Å². The number of amides is 1. The highest BCUT2D eigenvalue weighted by molar-refractivity contribution is 9.10. The Hall–Kier alpha value is -2.34. The molecule has 0 spiro atoms. The summed E-state index contributed by atoms with van der Waals surface area (Å²) in [5.41, 5.74) is 1.12. The van der Waals surface area contributed by atoms with Gasteiger partial charge >= 0.3 is 6.09 Å². The van der Waals surface area contributed by atoms with Crippen molar-refractivity contribution in [3.63, 3.8) is 0 Å². The second-order valence-electron chi connectivity index (χ2n) is 6.39. The number of nitrogens with zero attached hydrogens (tertiary/aromatic N) is 2. The number of carbonyl (C=O) groups excluding carboxylic acids is 1. The first-order chi connectivity index (χ1) is 11.3. The normalized spacial score (nSPS) is 11.5. The molecule has 3 rings (SSSR count). The molecule has 0 saturated carbocycles. The summed E-state index contributed by atoms with van der Waals surface area (Å²) in [5.74, 6) is 0.776. The number of carbonyl (C=O) groups is 1. The fourth-order valence-electron chi connectivity index (χ4n) is 2.35. The molecular weight excluding hydrogens is 370 g/mol. The summed E-state index contributed by atoms with van der Waals surface area (Å²) in [6.45, 7) is 5.47. The van der Waals surface area contributed by atoms with Crippen LogP contribution in [0.4, 0.5) is 10.5 Å². The highest BCUT2D eigenvalue weighted by atomic mass is 79.9. The van der Waals surface area contributed by atoms with Crippen molar-refractivity contribution in [3.05, 3.63) is 53.3 Å². The largest absolute Gasteiger partial charge is 0.444 e. The Morgan fingerprint density at radius 3 is 2.67 bits per heavy atom. The highest BCUT2D eigenvalue weighted by Gasteiger charge is 2.16. The summed E-state index contributed by atoms with van der Waals surface area (Å²) in [4.78, 5) is 16.2. The lowest BCUT2D eigenvalue weighted by molar-refractivity contribution is 0.0636. The molecule has 0 radical (unpaired) electrons. The summed E-state index contributed by atoms with van der Waals surface area (Å²) in [6, 6.07) is 11.7. The number of fused-ring (bicyclic) bond motifs is 1. The van der Waals surface area contributed by atoms with Crippen molar-refractivity contribution in [2.45, 2.75) is 26.4 Å². The summed E-state index contributed by atoms with van der Waals surface area (Å²) in [5, 5.41) is 3.80. The van der Waals surface area contributed by atoms with E-state index in [0.717, 1.165) is 21.2 Å². The maximum absolute atomic E-state index is 11.8. The molecule has 1 amide bonds. The monoisotopic (exact) mass is 387 g/mol. The van der Waals surface area contributed by atoms with Gasteiger partial charge in [-0.1, -0.05) is 22.0 Å². The lowest BCUT2D eigenvalue weighted by atomic mass is 10.2. The van der Waals surface area contributed by atoms with Crippen LogP contribution in [0.5, 0.6) is 0 Å². The topological polar surface area (TPSA) is 56.1 Å². The number of ether oxygens (including phenoxy) is 1. The highest BCUT2D eigenvalue weighted by Crippen LogP contribution is 2.26. The van der Waals surface area contributed by atoms with Crippen LogP contribution < -0.4 is 5.32 Å². The SMILES string of the molecule is CC(C)(C)OC(=O)Nc1ccc(-n2ccc3c(Br)cccc32)nc1. The van der Waals surface area contributed by atoms with Gasteiger partial charge in [-0.3, -0.25) is 5.32 Å². The molecule has 0 aliphatic heterocycles. The van der Waals surface area contributed by atoms with E-state index in [1.165, 1.54) is 0 Å². The van der Waals surface area contributed by atoms with Crippen LogP contribution in [0.25, 0.3) is 16.7 Å². The Balaban J connectivity index is 1.81. The molecule has 0 atom stereocenters. The number of pyridine rings is 1. The van der Waals surface area contributed by atoms with E-state index in [1.807, 2.05) is 61.9 Å². The van der Waals surface area contributed by atoms with E-state index in [1.54, 1.807) is 12.3 Å². The van der Waals surface area contributed by atoms with E-state index in [-0.39, 0.29) is 0 Å². The van der Waals surface area contributed by atoms with Gasteiger partial charge in [-0.2, -0.15) is 0 Å². The first-order valence-corrected chi connectivity index (χ1v) is 8.35. The molecule has 0 unspecified atom stereocenters. The number of rotatable bonds is 2. The van der Waals surface area contributed by atoms with Crippen LogP contribution in [0.3, 0.4) is 0 Å². The standard InChI is InChI=1S/C18H18BrN3O2/c1-18(2,3)24-17(23)21-12-7-8-16(20-11-12)22-10-9-13-14(19)5-4-6-15(13)22/h4-11H,1-3H3,(H,21,23). The Morgan fingerprint density at radius 2 is 2.00 bits per heavy atom. The van der Waals surface area contributed by atoms with E-state index >= 15 is 0 Å². The Bertz CT molecular complexity index is 879. The number of anilines is 1.